The quantitative estimate of drug-likeness (QED) is 0.565. The van der Waals surface area contributed by atoms with Crippen LogP contribution < -0.4 is 10.2 Å². The van der Waals surface area contributed by atoms with Crippen LogP contribution in [-0.2, 0) is 12.7 Å². The number of benzene rings is 1. The fourth-order valence-corrected chi connectivity index (χ4v) is 4.81. The van der Waals surface area contributed by atoms with Gasteiger partial charge in [0.2, 0.25) is 5.89 Å². The third kappa shape index (κ3) is 4.21. The fourth-order valence-electron chi connectivity index (χ4n) is 4.81. The number of aromatic nitrogens is 2. The van der Waals surface area contributed by atoms with Crippen molar-refractivity contribution < 1.29 is 22.0 Å². The van der Waals surface area contributed by atoms with E-state index >= 15 is 0 Å². The molecule has 5 rings (SSSR count). The number of oxazole rings is 1. The Bertz CT molecular complexity index is 1080. The summed E-state index contributed by atoms with van der Waals surface area (Å²) in [5.41, 5.74) is 0.602. The maximum absolute atomic E-state index is 13.1. The average Bonchev–Trinajstić information content (AvgIpc) is 3.49. The van der Waals surface area contributed by atoms with Crippen LogP contribution in [0.3, 0.4) is 0 Å². The molecular weight excluding hydrogens is 424 g/mol. The number of halogens is 4. The number of rotatable bonds is 5. The van der Waals surface area contributed by atoms with E-state index < -0.39 is 11.9 Å². The highest BCUT2D eigenvalue weighted by Gasteiger charge is 2.43. The Morgan fingerprint density at radius 1 is 1.03 bits per heavy atom. The monoisotopic (exact) mass is 446 g/mol. The summed E-state index contributed by atoms with van der Waals surface area (Å²) < 4.78 is 57.7. The van der Waals surface area contributed by atoms with Gasteiger partial charge < -0.3 is 14.6 Å². The number of nitrogens with zero attached hydrogens (tertiary/aromatic N) is 3. The predicted molar refractivity (Wildman–Crippen MR) is 110 cm³/mol. The van der Waals surface area contributed by atoms with Gasteiger partial charge in [0.15, 0.2) is 0 Å². The summed E-state index contributed by atoms with van der Waals surface area (Å²) >= 11 is 0. The second-order valence-corrected chi connectivity index (χ2v) is 8.42. The Balaban J connectivity index is 1.21. The van der Waals surface area contributed by atoms with Gasteiger partial charge in [0, 0.05) is 31.2 Å². The molecular formula is C23H22F4N4O. The molecule has 32 heavy (non-hydrogen) atoms. The zero-order valence-corrected chi connectivity index (χ0v) is 17.1. The lowest BCUT2D eigenvalue weighted by Gasteiger charge is -2.22. The fraction of sp³-hybridized carbons (Fsp3) is 0.391. The number of fused-ring (bicyclic) bond motifs is 1. The van der Waals surface area contributed by atoms with E-state index in [1.54, 1.807) is 24.5 Å². The molecule has 0 bridgehead atoms. The van der Waals surface area contributed by atoms with Crippen LogP contribution in [0.15, 0.2) is 53.1 Å². The van der Waals surface area contributed by atoms with Crippen molar-refractivity contribution in [3.8, 4) is 11.5 Å². The molecule has 1 aliphatic heterocycles. The van der Waals surface area contributed by atoms with Gasteiger partial charge >= 0.3 is 6.18 Å². The second kappa shape index (κ2) is 8.20. The third-order valence-electron chi connectivity index (χ3n) is 6.39. The summed E-state index contributed by atoms with van der Waals surface area (Å²) in [6.07, 6.45) is -0.814. The molecule has 9 heteroatoms. The average molecular weight is 446 g/mol. The molecule has 2 aliphatic rings. The normalized spacial score (nSPS) is 23.0. The van der Waals surface area contributed by atoms with Gasteiger partial charge in [-0.1, -0.05) is 6.07 Å². The number of hydrogen-bond donors (Lipinski definition) is 1. The first kappa shape index (κ1) is 20.9. The standard InChI is InChI=1S/C23H22F4N4O/c24-16-7-4-14(5-8-16)22-29-17(13-32-22)10-28-19-9-6-15-11-31(12-18(15)19)21-3-1-2-20(30-21)23(25,26)27/h1-5,7-8,13,15,18-19,28H,6,9-12H2. The van der Waals surface area contributed by atoms with Crippen LogP contribution in [0.4, 0.5) is 23.4 Å². The Labute approximate surface area is 182 Å². The topological polar surface area (TPSA) is 54.2 Å². The molecule has 2 fully saturated rings. The molecule has 1 saturated heterocycles. The van der Waals surface area contributed by atoms with Crippen LogP contribution in [0.25, 0.3) is 11.5 Å². The smallest absolute Gasteiger partial charge is 0.433 e. The van der Waals surface area contributed by atoms with E-state index in [2.05, 4.69) is 15.3 Å². The Kier molecular flexibility index (Phi) is 5.36. The number of anilines is 1. The largest absolute Gasteiger partial charge is 0.444 e. The van der Waals surface area contributed by atoms with Crippen LogP contribution in [0.1, 0.15) is 24.2 Å². The maximum Gasteiger partial charge on any atom is 0.433 e. The zero-order chi connectivity index (χ0) is 22.3. The van der Waals surface area contributed by atoms with Gasteiger partial charge in [-0.15, -0.1) is 0 Å². The van der Waals surface area contributed by atoms with E-state index in [9.17, 15) is 17.6 Å². The van der Waals surface area contributed by atoms with Gasteiger partial charge in [0.25, 0.3) is 0 Å². The lowest BCUT2D eigenvalue weighted by atomic mass is 9.98. The van der Waals surface area contributed by atoms with Crippen molar-refractivity contribution in [3.63, 3.8) is 0 Å². The summed E-state index contributed by atoms with van der Waals surface area (Å²) in [6.45, 7) is 1.92. The van der Waals surface area contributed by atoms with Crippen molar-refractivity contribution >= 4 is 5.82 Å². The summed E-state index contributed by atoms with van der Waals surface area (Å²) in [4.78, 5) is 10.3. The molecule has 3 heterocycles. The van der Waals surface area contributed by atoms with E-state index in [1.165, 1.54) is 18.2 Å². The molecule has 168 valence electrons. The third-order valence-corrected chi connectivity index (χ3v) is 6.39. The Morgan fingerprint density at radius 2 is 1.84 bits per heavy atom. The number of alkyl halides is 3. The minimum atomic E-state index is -4.44. The van der Waals surface area contributed by atoms with E-state index in [0.717, 1.165) is 31.1 Å². The van der Waals surface area contributed by atoms with Crippen molar-refractivity contribution in [2.24, 2.45) is 11.8 Å². The minimum Gasteiger partial charge on any atom is -0.444 e. The molecule has 1 aliphatic carbocycles. The van der Waals surface area contributed by atoms with E-state index in [-0.39, 0.29) is 11.9 Å². The van der Waals surface area contributed by atoms with Crippen LogP contribution in [0.5, 0.6) is 0 Å². The highest BCUT2D eigenvalue weighted by Crippen LogP contribution is 2.40. The summed E-state index contributed by atoms with van der Waals surface area (Å²) in [5, 5.41) is 3.54. The van der Waals surface area contributed by atoms with Crippen molar-refractivity contribution in [1.29, 1.82) is 0 Å². The van der Waals surface area contributed by atoms with Gasteiger partial charge in [-0.05, 0) is 61.1 Å². The molecule has 2 aromatic heterocycles. The minimum absolute atomic E-state index is 0.252. The van der Waals surface area contributed by atoms with Crippen LogP contribution in [0, 0.1) is 17.7 Å². The van der Waals surface area contributed by atoms with Crippen molar-refractivity contribution in [2.45, 2.75) is 31.6 Å². The van der Waals surface area contributed by atoms with Gasteiger partial charge in [-0.25, -0.2) is 14.4 Å². The van der Waals surface area contributed by atoms with E-state index in [0.29, 0.717) is 42.2 Å². The molecule has 3 unspecified atom stereocenters. The number of pyridine rings is 1. The first-order valence-corrected chi connectivity index (χ1v) is 10.6. The zero-order valence-electron chi connectivity index (χ0n) is 17.1. The number of nitrogens with one attached hydrogen (secondary N) is 1. The van der Waals surface area contributed by atoms with Gasteiger partial charge in [0.1, 0.15) is 23.6 Å². The van der Waals surface area contributed by atoms with Gasteiger partial charge in [0.05, 0.1) is 5.69 Å². The van der Waals surface area contributed by atoms with Gasteiger partial charge in [-0.3, -0.25) is 0 Å². The molecule has 1 aromatic carbocycles. The van der Waals surface area contributed by atoms with Crippen molar-refractivity contribution in [2.75, 3.05) is 18.0 Å². The van der Waals surface area contributed by atoms with Crippen LogP contribution in [-0.4, -0.2) is 29.1 Å². The molecule has 1 saturated carbocycles. The van der Waals surface area contributed by atoms with Crippen LogP contribution in [0.2, 0.25) is 0 Å². The predicted octanol–water partition coefficient (Wildman–Crippen LogP) is 4.90. The maximum atomic E-state index is 13.1. The molecule has 0 radical (unpaired) electrons. The molecule has 0 spiro atoms. The molecule has 5 nitrogen and oxygen atoms in total. The summed E-state index contributed by atoms with van der Waals surface area (Å²) in [6, 6.07) is 10.3. The Hall–Kier alpha value is -2.94. The molecule has 0 amide bonds. The highest BCUT2D eigenvalue weighted by molar-refractivity contribution is 5.52. The second-order valence-electron chi connectivity index (χ2n) is 8.42. The summed E-state index contributed by atoms with van der Waals surface area (Å²) in [5.74, 6) is 1.27. The van der Waals surface area contributed by atoms with E-state index in [4.69, 9.17) is 4.42 Å². The number of hydrogen-bond acceptors (Lipinski definition) is 5. The first-order valence-electron chi connectivity index (χ1n) is 10.6. The molecule has 3 aromatic rings. The lowest BCUT2D eigenvalue weighted by molar-refractivity contribution is -0.141. The lowest BCUT2D eigenvalue weighted by Crippen LogP contribution is -2.35. The van der Waals surface area contributed by atoms with Crippen molar-refractivity contribution in [1.82, 2.24) is 15.3 Å². The van der Waals surface area contributed by atoms with E-state index in [1.807, 2.05) is 4.90 Å². The summed E-state index contributed by atoms with van der Waals surface area (Å²) in [7, 11) is 0. The Morgan fingerprint density at radius 3 is 2.62 bits per heavy atom. The molecule has 3 atom stereocenters. The van der Waals surface area contributed by atoms with Gasteiger partial charge in [-0.2, -0.15) is 13.2 Å². The molecule has 1 N–H and O–H groups in total. The highest BCUT2D eigenvalue weighted by atomic mass is 19.4. The SMILES string of the molecule is Fc1ccc(-c2nc(CNC3CCC4CN(c5cccc(C(F)(F)F)n5)CC43)co2)cc1. The van der Waals surface area contributed by atoms with Crippen molar-refractivity contribution in [3.05, 3.63) is 65.9 Å². The first-order chi connectivity index (χ1) is 15.4. The van der Waals surface area contributed by atoms with Crippen LogP contribution >= 0.6 is 0 Å².